The minimum atomic E-state index is -0.999. The van der Waals surface area contributed by atoms with Crippen LogP contribution in [0, 0.1) is 0 Å². The Hall–Kier alpha value is -3.48. The van der Waals surface area contributed by atoms with E-state index in [0.717, 1.165) is 35.1 Å². The van der Waals surface area contributed by atoms with E-state index < -0.39 is 18.2 Å². The number of hydrogen-bond acceptors (Lipinski definition) is 6. The third-order valence-electron chi connectivity index (χ3n) is 5.26. The number of rotatable bonds is 8. The van der Waals surface area contributed by atoms with Gasteiger partial charge in [-0.2, -0.15) is 0 Å². The molecule has 6 nitrogen and oxygen atoms in total. The lowest BCUT2D eigenvalue weighted by Gasteiger charge is -2.18. The molecule has 3 rings (SSSR count). The Morgan fingerprint density at radius 2 is 1.48 bits per heavy atom. The van der Waals surface area contributed by atoms with Gasteiger partial charge in [-0.05, 0) is 73.6 Å². The number of aryl methyl sites for hydroxylation is 1. The Kier molecular flexibility index (Phi) is 7.31. The SMILES string of the molecule is C=C(C)C(=O)Oc1ccc(-c2ccc3c(c2)CCC3OC(O)C(=C)C)cc1OC(=O)C(=C)C. The second kappa shape index (κ2) is 9.98. The van der Waals surface area contributed by atoms with E-state index in [0.29, 0.717) is 5.57 Å². The Morgan fingerprint density at radius 1 is 0.909 bits per heavy atom. The summed E-state index contributed by atoms with van der Waals surface area (Å²) in [6.07, 6.45) is 0.376. The maximum absolute atomic E-state index is 12.1. The van der Waals surface area contributed by atoms with Crippen molar-refractivity contribution in [1.29, 1.82) is 0 Å². The summed E-state index contributed by atoms with van der Waals surface area (Å²) in [5.74, 6) is -1.01. The van der Waals surface area contributed by atoms with Crippen LogP contribution >= 0.6 is 0 Å². The molecule has 1 aliphatic carbocycles. The molecule has 2 aromatic rings. The molecule has 0 radical (unpaired) electrons. The molecule has 0 fully saturated rings. The first-order valence-corrected chi connectivity index (χ1v) is 10.6. The Morgan fingerprint density at radius 3 is 2.09 bits per heavy atom. The lowest BCUT2D eigenvalue weighted by molar-refractivity contribution is -0.132. The lowest BCUT2D eigenvalue weighted by atomic mass is 9.99. The summed E-state index contributed by atoms with van der Waals surface area (Å²) in [5, 5.41) is 10.00. The number of aliphatic hydroxyl groups excluding tert-OH is 1. The van der Waals surface area contributed by atoms with E-state index in [4.69, 9.17) is 14.2 Å². The zero-order chi connectivity index (χ0) is 24.3. The largest absolute Gasteiger partial charge is 0.419 e. The van der Waals surface area contributed by atoms with Crippen LogP contribution in [0.5, 0.6) is 11.5 Å². The van der Waals surface area contributed by atoms with Crippen LogP contribution in [0.25, 0.3) is 11.1 Å². The third-order valence-corrected chi connectivity index (χ3v) is 5.26. The van der Waals surface area contributed by atoms with Crippen LogP contribution < -0.4 is 9.47 Å². The number of esters is 2. The molecule has 172 valence electrons. The minimum Gasteiger partial charge on any atom is -0.419 e. The van der Waals surface area contributed by atoms with Crippen LogP contribution in [0.3, 0.4) is 0 Å². The molecule has 1 N–H and O–H groups in total. The highest BCUT2D eigenvalue weighted by Gasteiger charge is 2.26. The van der Waals surface area contributed by atoms with Crippen LogP contribution in [0.2, 0.25) is 0 Å². The maximum Gasteiger partial charge on any atom is 0.338 e. The molecule has 1 aliphatic rings. The molecule has 0 aromatic heterocycles. The van der Waals surface area contributed by atoms with E-state index in [-0.39, 0.29) is 28.7 Å². The summed E-state index contributed by atoms with van der Waals surface area (Å²) < 4.78 is 16.5. The summed E-state index contributed by atoms with van der Waals surface area (Å²) in [7, 11) is 0. The molecule has 0 bridgehead atoms. The van der Waals surface area contributed by atoms with Gasteiger partial charge in [0.1, 0.15) is 0 Å². The number of fused-ring (bicyclic) bond motifs is 1. The van der Waals surface area contributed by atoms with E-state index in [1.54, 1.807) is 25.1 Å². The van der Waals surface area contributed by atoms with E-state index >= 15 is 0 Å². The van der Waals surface area contributed by atoms with Gasteiger partial charge >= 0.3 is 11.9 Å². The monoisotopic (exact) mass is 448 g/mol. The van der Waals surface area contributed by atoms with Crippen LogP contribution in [0.4, 0.5) is 0 Å². The fourth-order valence-electron chi connectivity index (χ4n) is 3.40. The van der Waals surface area contributed by atoms with Crippen LogP contribution in [0.15, 0.2) is 72.9 Å². The summed E-state index contributed by atoms with van der Waals surface area (Å²) in [6.45, 7) is 15.7. The Balaban J connectivity index is 1.92. The molecule has 2 atom stereocenters. The Labute approximate surface area is 193 Å². The van der Waals surface area contributed by atoms with E-state index in [1.165, 1.54) is 13.8 Å². The van der Waals surface area contributed by atoms with Gasteiger partial charge in [0.2, 0.25) is 0 Å². The van der Waals surface area contributed by atoms with Gasteiger partial charge in [0.05, 0.1) is 6.10 Å². The van der Waals surface area contributed by atoms with Crippen molar-refractivity contribution in [3.8, 4) is 22.6 Å². The standard InChI is InChI=1S/C27H28O6/c1-15(2)25(28)31-22-11-9-20-13-18(7-10-21(20)22)19-8-12-23(32-26(29)16(3)4)24(14-19)33-27(30)17(5)6/h7-8,10,12-14,22,25,28H,1,3,5,9,11H2,2,4,6H3. The van der Waals surface area contributed by atoms with Gasteiger partial charge in [0.15, 0.2) is 17.8 Å². The van der Waals surface area contributed by atoms with Crippen LogP contribution in [-0.2, 0) is 20.7 Å². The summed E-state index contributed by atoms with van der Waals surface area (Å²) in [6, 6.07) is 11.0. The average Bonchev–Trinajstić information content (AvgIpc) is 3.16. The van der Waals surface area contributed by atoms with Crippen molar-refractivity contribution in [3.05, 3.63) is 84.0 Å². The van der Waals surface area contributed by atoms with Crippen LogP contribution in [-0.4, -0.2) is 23.3 Å². The summed E-state index contributed by atoms with van der Waals surface area (Å²) in [5.41, 5.74) is 4.83. The molecule has 6 heteroatoms. The molecule has 0 amide bonds. The normalized spacial score (nSPS) is 15.3. The predicted molar refractivity (Wildman–Crippen MR) is 126 cm³/mol. The number of hydrogen-bond donors (Lipinski definition) is 1. The molecule has 0 saturated carbocycles. The number of carbonyl (C=O) groups excluding carboxylic acids is 2. The molecule has 2 unspecified atom stereocenters. The molecule has 0 heterocycles. The van der Waals surface area contributed by atoms with Crippen molar-refractivity contribution < 1.29 is 28.9 Å². The van der Waals surface area contributed by atoms with Gasteiger partial charge in [-0.3, -0.25) is 0 Å². The van der Waals surface area contributed by atoms with E-state index in [9.17, 15) is 14.7 Å². The highest BCUT2D eigenvalue weighted by molar-refractivity contribution is 5.91. The maximum atomic E-state index is 12.1. The number of aliphatic hydroxyl groups is 1. The molecule has 2 aromatic carbocycles. The topological polar surface area (TPSA) is 82.1 Å². The van der Waals surface area contributed by atoms with Crippen molar-refractivity contribution in [1.82, 2.24) is 0 Å². The zero-order valence-electron chi connectivity index (χ0n) is 19.1. The van der Waals surface area contributed by atoms with E-state index in [2.05, 4.69) is 19.7 Å². The van der Waals surface area contributed by atoms with Crippen molar-refractivity contribution >= 4 is 11.9 Å². The fraction of sp³-hybridized carbons (Fsp3) is 0.259. The van der Waals surface area contributed by atoms with E-state index in [1.807, 2.05) is 18.2 Å². The second-order valence-electron chi connectivity index (χ2n) is 8.28. The minimum absolute atomic E-state index is 0.112. The van der Waals surface area contributed by atoms with Crippen molar-refractivity contribution in [2.75, 3.05) is 0 Å². The van der Waals surface area contributed by atoms with Crippen LogP contribution in [0.1, 0.15) is 44.4 Å². The third kappa shape index (κ3) is 5.66. The Bertz CT molecular complexity index is 1140. The fourth-order valence-corrected chi connectivity index (χ4v) is 3.40. The second-order valence-corrected chi connectivity index (χ2v) is 8.28. The van der Waals surface area contributed by atoms with Crippen molar-refractivity contribution in [3.63, 3.8) is 0 Å². The van der Waals surface area contributed by atoms with Gasteiger partial charge < -0.3 is 19.3 Å². The highest BCUT2D eigenvalue weighted by atomic mass is 16.6. The number of carbonyl (C=O) groups is 2. The van der Waals surface area contributed by atoms with Crippen molar-refractivity contribution in [2.24, 2.45) is 0 Å². The smallest absolute Gasteiger partial charge is 0.338 e. The quantitative estimate of drug-likeness (QED) is 0.196. The molecular weight excluding hydrogens is 420 g/mol. The molecule has 33 heavy (non-hydrogen) atoms. The molecular formula is C27H28O6. The van der Waals surface area contributed by atoms with Gasteiger partial charge in [0, 0.05) is 11.1 Å². The highest BCUT2D eigenvalue weighted by Crippen LogP contribution is 2.39. The number of benzene rings is 2. The molecule has 0 spiro atoms. The summed E-state index contributed by atoms with van der Waals surface area (Å²) >= 11 is 0. The first-order chi connectivity index (χ1) is 15.6. The summed E-state index contributed by atoms with van der Waals surface area (Å²) in [4.78, 5) is 24.1. The van der Waals surface area contributed by atoms with Gasteiger partial charge in [-0.1, -0.05) is 44.0 Å². The first-order valence-electron chi connectivity index (χ1n) is 10.6. The zero-order valence-corrected chi connectivity index (χ0v) is 19.1. The van der Waals surface area contributed by atoms with Gasteiger partial charge in [0.25, 0.3) is 0 Å². The van der Waals surface area contributed by atoms with Crippen molar-refractivity contribution in [2.45, 2.75) is 46.0 Å². The predicted octanol–water partition coefficient (Wildman–Crippen LogP) is 5.22. The number of ether oxygens (including phenoxy) is 3. The first kappa shape index (κ1) is 24.2. The lowest BCUT2D eigenvalue weighted by Crippen LogP contribution is -2.15. The van der Waals surface area contributed by atoms with Gasteiger partial charge in [-0.15, -0.1) is 0 Å². The van der Waals surface area contributed by atoms with Gasteiger partial charge in [-0.25, -0.2) is 9.59 Å². The molecule has 0 aliphatic heterocycles. The molecule has 0 saturated heterocycles. The average molecular weight is 449 g/mol.